The van der Waals surface area contributed by atoms with Crippen molar-refractivity contribution < 1.29 is 4.74 Å². The number of pyridine rings is 1. The minimum atomic E-state index is -0.643. The van der Waals surface area contributed by atoms with Crippen molar-refractivity contribution in [1.82, 2.24) is 4.98 Å². The highest BCUT2D eigenvalue weighted by molar-refractivity contribution is 6.32. The van der Waals surface area contributed by atoms with E-state index >= 15 is 0 Å². The summed E-state index contributed by atoms with van der Waals surface area (Å²) in [4.78, 5) is 14.3. The highest BCUT2D eigenvalue weighted by Gasteiger charge is 2.18. The number of aromatic nitrogens is 1. The maximum atomic E-state index is 12.0. The monoisotopic (exact) mass is 362 g/mol. The van der Waals surface area contributed by atoms with Crippen LogP contribution >= 0.6 is 11.6 Å². The molecule has 1 heterocycles. The quantitative estimate of drug-likeness (QED) is 0.734. The number of nitrogen functional groups attached to an aromatic ring is 1. The van der Waals surface area contributed by atoms with Gasteiger partial charge < -0.3 is 15.5 Å². The number of hydrogen-bond acceptors (Lipinski definition) is 5. The Labute approximate surface area is 153 Å². The van der Waals surface area contributed by atoms with E-state index < -0.39 is 5.56 Å². The lowest BCUT2D eigenvalue weighted by Gasteiger charge is -2.11. The molecule has 0 atom stereocenters. The number of halogens is 1. The van der Waals surface area contributed by atoms with Crippen LogP contribution in [0.15, 0.2) is 53.3 Å². The first-order chi connectivity index (χ1) is 12.5. The second-order valence-corrected chi connectivity index (χ2v) is 5.68. The van der Waals surface area contributed by atoms with Crippen LogP contribution in [0.5, 0.6) is 11.5 Å². The summed E-state index contributed by atoms with van der Waals surface area (Å²) in [5.74, 6) is 0.928. The molecule has 0 aliphatic rings. The predicted molar refractivity (Wildman–Crippen MR) is 97.9 cm³/mol. The Kier molecular flexibility index (Phi) is 4.62. The molecule has 0 bridgehead atoms. The van der Waals surface area contributed by atoms with Gasteiger partial charge in [-0.05, 0) is 29.8 Å². The zero-order valence-electron chi connectivity index (χ0n) is 13.3. The van der Waals surface area contributed by atoms with Gasteiger partial charge in [0, 0.05) is 5.56 Å². The molecule has 0 unspecified atom stereocenters. The van der Waals surface area contributed by atoms with Gasteiger partial charge >= 0.3 is 0 Å². The van der Waals surface area contributed by atoms with E-state index in [4.69, 9.17) is 22.1 Å². The van der Waals surface area contributed by atoms with Gasteiger partial charge in [-0.25, -0.2) is 0 Å². The van der Waals surface area contributed by atoms with E-state index in [9.17, 15) is 15.3 Å². The average molecular weight is 363 g/mol. The molecular formula is C19H11ClN4O2. The number of nitrogens with one attached hydrogen (secondary N) is 1. The third-order valence-corrected chi connectivity index (χ3v) is 3.99. The molecule has 126 valence electrons. The molecule has 0 spiro atoms. The van der Waals surface area contributed by atoms with E-state index in [1.807, 2.05) is 12.1 Å². The molecule has 0 aliphatic heterocycles. The van der Waals surface area contributed by atoms with Crippen molar-refractivity contribution in [2.75, 3.05) is 5.73 Å². The van der Waals surface area contributed by atoms with Gasteiger partial charge in [-0.2, -0.15) is 10.5 Å². The fourth-order valence-electron chi connectivity index (χ4n) is 2.48. The Morgan fingerprint density at radius 2 is 1.65 bits per heavy atom. The van der Waals surface area contributed by atoms with Gasteiger partial charge in [0.25, 0.3) is 5.56 Å². The number of anilines is 1. The highest BCUT2D eigenvalue weighted by atomic mass is 35.5. The van der Waals surface area contributed by atoms with Gasteiger partial charge in [0.1, 0.15) is 40.6 Å². The molecule has 0 radical (unpaired) electrons. The van der Waals surface area contributed by atoms with Gasteiger partial charge in [0.05, 0.1) is 5.02 Å². The minimum Gasteiger partial charge on any atom is -0.456 e. The van der Waals surface area contributed by atoms with Crippen LogP contribution in [0.2, 0.25) is 5.02 Å². The van der Waals surface area contributed by atoms with Gasteiger partial charge in [0.15, 0.2) is 0 Å². The summed E-state index contributed by atoms with van der Waals surface area (Å²) in [6, 6.07) is 17.4. The molecule has 0 amide bonds. The van der Waals surface area contributed by atoms with Gasteiger partial charge in [0.2, 0.25) is 0 Å². The van der Waals surface area contributed by atoms with E-state index in [-0.39, 0.29) is 22.5 Å². The fraction of sp³-hybridized carbons (Fsp3) is 0. The van der Waals surface area contributed by atoms with Crippen LogP contribution in [0.3, 0.4) is 0 Å². The molecule has 2 aromatic carbocycles. The first-order valence-corrected chi connectivity index (χ1v) is 7.81. The normalized spacial score (nSPS) is 9.96. The van der Waals surface area contributed by atoms with E-state index in [1.165, 1.54) is 0 Å². The fourth-order valence-corrected chi connectivity index (χ4v) is 2.65. The number of H-pyrrole nitrogens is 1. The minimum absolute atomic E-state index is 0.0425. The average Bonchev–Trinajstić information content (AvgIpc) is 2.64. The third kappa shape index (κ3) is 3.10. The van der Waals surface area contributed by atoms with Crippen molar-refractivity contribution in [1.29, 1.82) is 10.5 Å². The van der Waals surface area contributed by atoms with Crippen molar-refractivity contribution in [2.24, 2.45) is 0 Å². The smallest absolute Gasteiger partial charge is 0.268 e. The third-order valence-electron chi connectivity index (χ3n) is 3.68. The standard InChI is InChI=1S/C19H11ClN4O2/c20-15-3-1-2-4-16(15)26-12-7-5-11(6-8-12)17-13(9-21)18(23)24-19(25)14(17)10-22/h1-8H,(H3,23,24,25). The van der Waals surface area contributed by atoms with Crippen LogP contribution in [0.4, 0.5) is 5.82 Å². The van der Waals surface area contributed by atoms with Crippen LogP contribution in [-0.4, -0.2) is 4.98 Å². The van der Waals surface area contributed by atoms with Gasteiger partial charge in [-0.3, -0.25) is 4.79 Å². The Hall–Kier alpha value is -3.74. The van der Waals surface area contributed by atoms with Crippen molar-refractivity contribution in [2.45, 2.75) is 0 Å². The first kappa shape index (κ1) is 17.1. The number of hydrogen-bond donors (Lipinski definition) is 2. The van der Waals surface area contributed by atoms with Crippen LogP contribution in [0, 0.1) is 22.7 Å². The van der Waals surface area contributed by atoms with E-state index in [1.54, 1.807) is 48.5 Å². The summed E-state index contributed by atoms with van der Waals surface area (Å²) in [7, 11) is 0. The Morgan fingerprint density at radius 3 is 2.27 bits per heavy atom. The number of nitrogens with two attached hydrogens (primary N) is 1. The lowest BCUT2D eigenvalue weighted by Crippen LogP contribution is -2.16. The molecule has 0 fully saturated rings. The van der Waals surface area contributed by atoms with Crippen molar-refractivity contribution >= 4 is 17.4 Å². The number of benzene rings is 2. The molecule has 3 aromatic rings. The number of rotatable bonds is 3. The topological polar surface area (TPSA) is 116 Å². The van der Waals surface area contributed by atoms with Gasteiger partial charge in [-0.15, -0.1) is 0 Å². The van der Waals surface area contributed by atoms with Crippen molar-refractivity contribution in [3.63, 3.8) is 0 Å². The van der Waals surface area contributed by atoms with Gasteiger partial charge in [-0.1, -0.05) is 35.9 Å². The molecule has 0 saturated carbocycles. The summed E-state index contributed by atoms with van der Waals surface area (Å²) in [6.07, 6.45) is 0. The van der Waals surface area contributed by atoms with E-state index in [2.05, 4.69) is 4.98 Å². The molecule has 7 heteroatoms. The number of nitrogens with zero attached hydrogens (tertiary/aromatic N) is 2. The predicted octanol–water partition coefficient (Wildman–Crippen LogP) is 3.81. The lowest BCUT2D eigenvalue weighted by molar-refractivity contribution is 0.483. The molecular weight excluding hydrogens is 352 g/mol. The maximum Gasteiger partial charge on any atom is 0.268 e. The van der Waals surface area contributed by atoms with Crippen molar-refractivity contribution in [3.05, 3.63) is 75.0 Å². The highest BCUT2D eigenvalue weighted by Crippen LogP contribution is 2.32. The summed E-state index contributed by atoms with van der Waals surface area (Å²) in [5, 5.41) is 19.1. The second-order valence-electron chi connectivity index (χ2n) is 5.27. The molecule has 3 rings (SSSR count). The Bertz CT molecular complexity index is 1120. The number of aromatic amines is 1. The molecule has 26 heavy (non-hydrogen) atoms. The van der Waals surface area contributed by atoms with Crippen molar-refractivity contribution in [3.8, 4) is 34.8 Å². The summed E-state index contributed by atoms with van der Waals surface area (Å²) in [6.45, 7) is 0. The maximum absolute atomic E-state index is 12.0. The zero-order valence-corrected chi connectivity index (χ0v) is 14.0. The molecule has 0 aliphatic carbocycles. The summed E-state index contributed by atoms with van der Waals surface area (Å²) >= 11 is 6.07. The number of nitriles is 2. The largest absolute Gasteiger partial charge is 0.456 e. The molecule has 1 aromatic heterocycles. The molecule has 0 saturated heterocycles. The number of ether oxygens (including phenoxy) is 1. The molecule has 6 nitrogen and oxygen atoms in total. The van der Waals surface area contributed by atoms with Crippen LogP contribution in [-0.2, 0) is 0 Å². The van der Waals surface area contributed by atoms with E-state index in [0.717, 1.165) is 0 Å². The Morgan fingerprint density at radius 1 is 1.00 bits per heavy atom. The van der Waals surface area contributed by atoms with Crippen LogP contribution in [0.25, 0.3) is 11.1 Å². The summed E-state index contributed by atoms with van der Waals surface area (Å²) < 4.78 is 5.71. The lowest BCUT2D eigenvalue weighted by atomic mass is 9.96. The Balaban J connectivity index is 2.05. The molecule has 3 N–H and O–H groups in total. The van der Waals surface area contributed by atoms with Crippen LogP contribution < -0.4 is 16.0 Å². The zero-order chi connectivity index (χ0) is 18.7. The second kappa shape index (κ2) is 7.02. The van der Waals surface area contributed by atoms with E-state index in [0.29, 0.717) is 22.1 Å². The van der Waals surface area contributed by atoms with Crippen LogP contribution in [0.1, 0.15) is 11.1 Å². The number of para-hydroxylation sites is 1. The SMILES string of the molecule is N#Cc1c(N)[nH]c(=O)c(C#N)c1-c1ccc(Oc2ccccc2Cl)cc1. The summed E-state index contributed by atoms with van der Waals surface area (Å²) in [5.41, 5.74) is 5.64. The first-order valence-electron chi connectivity index (χ1n) is 7.44.